The highest BCUT2D eigenvalue weighted by molar-refractivity contribution is 5.88. The fourth-order valence-corrected chi connectivity index (χ4v) is 2.12. The van der Waals surface area contributed by atoms with Crippen LogP contribution in [0.1, 0.15) is 32.5 Å². The number of carbonyl (C=O) groups excluding carboxylic acids is 1. The quantitative estimate of drug-likeness (QED) is 0.777. The molecule has 2 heterocycles. The molecule has 1 aliphatic rings. The summed E-state index contributed by atoms with van der Waals surface area (Å²) in [6.45, 7) is 5.48. The Balaban J connectivity index is 2.07. The molecule has 1 unspecified atom stereocenters. The molecule has 1 aromatic rings. The molecule has 0 amide bonds. The molecule has 0 spiro atoms. The van der Waals surface area contributed by atoms with Gasteiger partial charge in [0.25, 0.3) is 0 Å². The Hall–Kier alpha value is -1.16. The van der Waals surface area contributed by atoms with E-state index >= 15 is 0 Å². The Morgan fingerprint density at radius 3 is 3.12 bits per heavy atom. The largest absolute Gasteiger partial charge is 0.367 e. The van der Waals surface area contributed by atoms with E-state index in [1.54, 1.807) is 6.20 Å². The van der Waals surface area contributed by atoms with Crippen LogP contribution >= 0.6 is 0 Å². The van der Waals surface area contributed by atoms with E-state index in [0.29, 0.717) is 13.0 Å². The van der Waals surface area contributed by atoms with E-state index in [1.165, 1.54) is 0 Å². The number of aromatic nitrogens is 2. The molecule has 16 heavy (non-hydrogen) atoms. The predicted octanol–water partition coefficient (Wildman–Crippen LogP) is 1.58. The third-order valence-electron chi connectivity index (χ3n) is 3.27. The van der Waals surface area contributed by atoms with Crippen LogP contribution in [0.15, 0.2) is 12.4 Å². The zero-order valence-corrected chi connectivity index (χ0v) is 9.90. The second-order valence-corrected chi connectivity index (χ2v) is 4.41. The molecule has 0 bridgehead atoms. The highest BCUT2D eigenvalue weighted by Gasteiger charge is 2.37. The molecule has 0 radical (unpaired) electrons. The first-order valence-electron chi connectivity index (χ1n) is 5.83. The Morgan fingerprint density at radius 2 is 2.50 bits per heavy atom. The van der Waals surface area contributed by atoms with Gasteiger partial charge in [0.2, 0.25) is 0 Å². The van der Waals surface area contributed by atoms with Crippen molar-refractivity contribution in [2.75, 3.05) is 6.61 Å². The topological polar surface area (TPSA) is 44.1 Å². The normalized spacial score (nSPS) is 24.9. The lowest BCUT2D eigenvalue weighted by atomic mass is 9.95. The van der Waals surface area contributed by atoms with Crippen LogP contribution < -0.4 is 0 Å². The van der Waals surface area contributed by atoms with E-state index in [0.717, 1.165) is 25.2 Å². The molecule has 1 saturated heterocycles. The minimum Gasteiger partial charge on any atom is -0.367 e. The van der Waals surface area contributed by atoms with Crippen molar-refractivity contribution in [3.63, 3.8) is 0 Å². The molecule has 4 heteroatoms. The highest BCUT2D eigenvalue weighted by Crippen LogP contribution is 2.27. The van der Waals surface area contributed by atoms with Gasteiger partial charge in [-0.3, -0.25) is 4.79 Å². The zero-order valence-electron chi connectivity index (χ0n) is 9.90. The number of carbonyl (C=O) groups is 1. The molecule has 1 fully saturated rings. The van der Waals surface area contributed by atoms with Crippen LogP contribution in [0.25, 0.3) is 0 Å². The second-order valence-electron chi connectivity index (χ2n) is 4.41. The minimum absolute atomic E-state index is 0.144. The van der Waals surface area contributed by atoms with Crippen LogP contribution in [0.2, 0.25) is 0 Å². The summed E-state index contributed by atoms with van der Waals surface area (Å²) in [6.07, 6.45) is 5.82. The Bertz CT molecular complexity index is 378. The lowest BCUT2D eigenvalue weighted by molar-refractivity contribution is -0.136. The van der Waals surface area contributed by atoms with Gasteiger partial charge in [0.1, 0.15) is 11.4 Å². The third kappa shape index (κ3) is 2.02. The summed E-state index contributed by atoms with van der Waals surface area (Å²) in [5, 5.41) is 0. The van der Waals surface area contributed by atoms with Crippen LogP contribution in [-0.2, 0) is 22.5 Å². The van der Waals surface area contributed by atoms with Gasteiger partial charge in [-0.15, -0.1) is 0 Å². The molecule has 0 N–H and O–H groups in total. The number of rotatable bonds is 4. The summed E-state index contributed by atoms with van der Waals surface area (Å²) in [7, 11) is 0. The fourth-order valence-electron chi connectivity index (χ4n) is 2.12. The first-order valence-corrected chi connectivity index (χ1v) is 5.83. The molecule has 1 aliphatic heterocycles. The van der Waals surface area contributed by atoms with Gasteiger partial charge in [-0.2, -0.15) is 0 Å². The van der Waals surface area contributed by atoms with Gasteiger partial charge in [0.15, 0.2) is 5.78 Å². The maximum absolute atomic E-state index is 12.1. The van der Waals surface area contributed by atoms with Crippen molar-refractivity contribution in [3.8, 4) is 0 Å². The Labute approximate surface area is 95.6 Å². The van der Waals surface area contributed by atoms with E-state index in [4.69, 9.17) is 4.74 Å². The third-order valence-corrected chi connectivity index (χ3v) is 3.27. The monoisotopic (exact) mass is 222 g/mol. The highest BCUT2D eigenvalue weighted by atomic mass is 16.5. The molecule has 88 valence electrons. The molecular formula is C12H18N2O2. The van der Waals surface area contributed by atoms with Crippen molar-refractivity contribution in [3.05, 3.63) is 18.2 Å². The molecule has 0 aromatic carbocycles. The average Bonchev–Trinajstić information content (AvgIpc) is 2.87. The Kier molecular flexibility index (Phi) is 3.10. The molecule has 1 atom stereocenters. The Morgan fingerprint density at radius 1 is 1.69 bits per heavy atom. The summed E-state index contributed by atoms with van der Waals surface area (Å²) in [6, 6.07) is 0. The van der Waals surface area contributed by atoms with Gasteiger partial charge in [-0.05, 0) is 26.7 Å². The maximum Gasteiger partial charge on any atom is 0.171 e. The lowest BCUT2D eigenvalue weighted by Gasteiger charge is -2.21. The summed E-state index contributed by atoms with van der Waals surface area (Å²) in [4.78, 5) is 16.3. The summed E-state index contributed by atoms with van der Waals surface area (Å²) < 4.78 is 7.53. The summed E-state index contributed by atoms with van der Waals surface area (Å²) in [5.74, 6) is 0.982. The van der Waals surface area contributed by atoms with Gasteiger partial charge in [-0.25, -0.2) is 4.98 Å². The van der Waals surface area contributed by atoms with Crippen molar-refractivity contribution in [2.24, 2.45) is 0 Å². The number of aryl methyl sites for hydroxylation is 1. The van der Waals surface area contributed by atoms with Crippen LogP contribution in [0.4, 0.5) is 0 Å². The summed E-state index contributed by atoms with van der Waals surface area (Å²) >= 11 is 0. The van der Waals surface area contributed by atoms with Gasteiger partial charge in [0.05, 0.1) is 6.42 Å². The van der Waals surface area contributed by atoms with E-state index in [-0.39, 0.29) is 5.78 Å². The van der Waals surface area contributed by atoms with Crippen LogP contribution in [-0.4, -0.2) is 27.5 Å². The van der Waals surface area contributed by atoms with Crippen molar-refractivity contribution >= 4 is 5.78 Å². The smallest absolute Gasteiger partial charge is 0.171 e. The minimum atomic E-state index is -0.579. The van der Waals surface area contributed by atoms with Gasteiger partial charge in [0, 0.05) is 25.5 Å². The maximum atomic E-state index is 12.1. The van der Waals surface area contributed by atoms with Gasteiger partial charge >= 0.3 is 0 Å². The van der Waals surface area contributed by atoms with Gasteiger partial charge in [-0.1, -0.05) is 0 Å². The van der Waals surface area contributed by atoms with E-state index in [9.17, 15) is 4.79 Å². The number of imidazole rings is 1. The number of Topliss-reactive ketones (excluding diaryl/α,β-unsaturated/α-hetero) is 1. The van der Waals surface area contributed by atoms with Crippen molar-refractivity contribution < 1.29 is 9.53 Å². The van der Waals surface area contributed by atoms with Crippen LogP contribution in [0.5, 0.6) is 0 Å². The van der Waals surface area contributed by atoms with E-state index in [1.807, 2.05) is 24.6 Å². The number of nitrogens with zero attached hydrogens (tertiary/aromatic N) is 2. The SMILES string of the molecule is CCn1ccnc1CC(=O)C1(C)CCCO1. The molecule has 1 aromatic heterocycles. The van der Waals surface area contributed by atoms with E-state index in [2.05, 4.69) is 4.98 Å². The number of ketones is 1. The zero-order chi connectivity index (χ0) is 11.6. The standard InChI is InChI=1S/C12H18N2O2/c1-3-14-7-6-13-11(14)9-10(15)12(2)5-4-8-16-12/h6-7H,3-5,8-9H2,1-2H3. The first-order chi connectivity index (χ1) is 7.65. The summed E-state index contributed by atoms with van der Waals surface area (Å²) in [5.41, 5.74) is -0.579. The predicted molar refractivity (Wildman–Crippen MR) is 60.2 cm³/mol. The fraction of sp³-hybridized carbons (Fsp3) is 0.667. The molecular weight excluding hydrogens is 204 g/mol. The van der Waals surface area contributed by atoms with Crippen molar-refractivity contribution in [1.82, 2.24) is 9.55 Å². The number of hydrogen-bond acceptors (Lipinski definition) is 3. The molecule has 4 nitrogen and oxygen atoms in total. The molecule has 0 saturated carbocycles. The van der Waals surface area contributed by atoms with Crippen LogP contribution in [0.3, 0.4) is 0 Å². The first kappa shape index (κ1) is 11.3. The van der Waals surface area contributed by atoms with E-state index < -0.39 is 5.60 Å². The second kappa shape index (κ2) is 4.37. The lowest BCUT2D eigenvalue weighted by Crippen LogP contribution is -2.36. The van der Waals surface area contributed by atoms with Gasteiger partial charge < -0.3 is 9.30 Å². The van der Waals surface area contributed by atoms with Crippen molar-refractivity contribution in [2.45, 2.75) is 45.3 Å². The number of ether oxygens (including phenoxy) is 1. The van der Waals surface area contributed by atoms with Crippen LogP contribution in [0, 0.1) is 0 Å². The average molecular weight is 222 g/mol. The van der Waals surface area contributed by atoms with Crippen molar-refractivity contribution in [1.29, 1.82) is 0 Å². The number of hydrogen-bond donors (Lipinski definition) is 0. The molecule has 0 aliphatic carbocycles. The molecule has 2 rings (SSSR count).